The highest BCUT2D eigenvalue weighted by Gasteiger charge is 2.47. The molecule has 1 fully saturated rings. The van der Waals surface area contributed by atoms with E-state index < -0.39 is 8.32 Å². The van der Waals surface area contributed by atoms with Crippen LogP contribution in [0.15, 0.2) is 0 Å². The monoisotopic (exact) mass is 272 g/mol. The average molecular weight is 272 g/mol. The third kappa shape index (κ3) is 3.15. The fourth-order valence-corrected chi connectivity index (χ4v) is 9.04. The van der Waals surface area contributed by atoms with Crippen molar-refractivity contribution in [2.24, 2.45) is 0 Å². The van der Waals surface area contributed by atoms with Crippen molar-refractivity contribution in [3.05, 3.63) is 0 Å². The van der Waals surface area contributed by atoms with Crippen LogP contribution in [0.1, 0.15) is 54.4 Å². The summed E-state index contributed by atoms with van der Waals surface area (Å²) in [5.74, 6) is -0.106. The number of carbonyl (C=O) groups is 1. The Morgan fingerprint density at radius 3 is 2.00 bits per heavy atom. The molecule has 0 saturated carbocycles. The third-order valence-corrected chi connectivity index (χ3v) is 10.3. The van der Waals surface area contributed by atoms with Crippen LogP contribution in [0.4, 0.5) is 0 Å². The minimum atomic E-state index is -1.85. The molecule has 1 atom stereocenters. The molecule has 0 aliphatic carbocycles. The molecule has 1 heterocycles. The molecule has 1 unspecified atom stereocenters. The van der Waals surface area contributed by atoms with Crippen molar-refractivity contribution in [3.63, 3.8) is 0 Å². The topological polar surface area (TPSA) is 35.5 Å². The summed E-state index contributed by atoms with van der Waals surface area (Å²) >= 11 is 0. The Kier molecular flexibility index (Phi) is 5.41. The van der Waals surface area contributed by atoms with Gasteiger partial charge in [0.15, 0.2) is 0 Å². The molecule has 0 radical (unpaired) electrons. The van der Waals surface area contributed by atoms with Crippen molar-refractivity contribution < 1.29 is 14.0 Å². The van der Waals surface area contributed by atoms with Crippen LogP contribution in [-0.2, 0) is 14.0 Å². The second kappa shape index (κ2) is 6.20. The Morgan fingerprint density at radius 2 is 1.61 bits per heavy atom. The molecule has 1 saturated heterocycles. The van der Waals surface area contributed by atoms with E-state index in [1.54, 1.807) is 0 Å². The van der Waals surface area contributed by atoms with E-state index in [2.05, 4.69) is 41.5 Å². The van der Waals surface area contributed by atoms with E-state index >= 15 is 0 Å². The highest BCUT2D eigenvalue weighted by molar-refractivity contribution is 6.77. The molecule has 3 nitrogen and oxygen atoms in total. The number of hydrogen-bond acceptors (Lipinski definition) is 3. The number of hydrogen-bond donors (Lipinski definition) is 0. The lowest BCUT2D eigenvalue weighted by atomic mass is 10.2. The van der Waals surface area contributed by atoms with E-state index in [9.17, 15) is 4.79 Å². The van der Waals surface area contributed by atoms with Gasteiger partial charge in [-0.25, -0.2) is 0 Å². The lowest BCUT2D eigenvalue weighted by Gasteiger charge is -2.45. The summed E-state index contributed by atoms with van der Waals surface area (Å²) in [6, 6.07) is 0. The summed E-state index contributed by atoms with van der Waals surface area (Å²) in [6.07, 6.45) is 1.36. The Bertz CT molecular complexity index is 265. The standard InChI is InChI=1S/C14H28O3Si/c1-10(2)18(11(3)4,12(5)6)17-13-7-8-16-14(15)9-13/h10-13H,7-9H2,1-6H3. The molecular weight excluding hydrogens is 244 g/mol. The highest BCUT2D eigenvalue weighted by atomic mass is 28.4. The number of cyclic esters (lactones) is 1. The Labute approximate surface area is 112 Å². The zero-order valence-corrected chi connectivity index (χ0v) is 13.7. The second-order valence-electron chi connectivity index (χ2n) is 6.27. The van der Waals surface area contributed by atoms with E-state index in [-0.39, 0.29) is 12.1 Å². The van der Waals surface area contributed by atoms with Crippen LogP contribution < -0.4 is 0 Å². The normalized spacial score (nSPS) is 21.8. The summed E-state index contributed by atoms with van der Waals surface area (Å²) in [4.78, 5) is 11.4. The summed E-state index contributed by atoms with van der Waals surface area (Å²) in [5.41, 5.74) is 1.70. The van der Waals surface area contributed by atoms with Crippen LogP contribution in [0.25, 0.3) is 0 Å². The summed E-state index contributed by atoms with van der Waals surface area (Å²) in [5, 5.41) is 0. The lowest BCUT2D eigenvalue weighted by Crippen LogP contribution is -2.51. The van der Waals surface area contributed by atoms with Gasteiger partial charge in [-0.05, 0) is 16.6 Å². The molecule has 0 aromatic rings. The predicted molar refractivity (Wildman–Crippen MR) is 76.1 cm³/mol. The average Bonchev–Trinajstić information content (AvgIpc) is 2.24. The predicted octanol–water partition coefficient (Wildman–Crippen LogP) is 3.88. The molecule has 0 amide bonds. The van der Waals surface area contributed by atoms with Crippen molar-refractivity contribution in [3.8, 4) is 0 Å². The second-order valence-corrected chi connectivity index (χ2v) is 11.7. The molecule has 1 aliphatic heterocycles. The van der Waals surface area contributed by atoms with Gasteiger partial charge in [-0.2, -0.15) is 0 Å². The number of ether oxygens (including phenoxy) is 1. The van der Waals surface area contributed by atoms with E-state index in [1.807, 2.05) is 0 Å². The van der Waals surface area contributed by atoms with E-state index in [4.69, 9.17) is 9.16 Å². The molecule has 0 N–H and O–H groups in total. The van der Waals surface area contributed by atoms with E-state index in [0.717, 1.165) is 6.42 Å². The smallest absolute Gasteiger partial charge is 0.308 e. The van der Waals surface area contributed by atoms with Crippen molar-refractivity contribution >= 4 is 14.3 Å². The highest BCUT2D eigenvalue weighted by Crippen LogP contribution is 2.43. The number of esters is 1. The molecule has 0 bridgehead atoms. The first-order valence-electron chi connectivity index (χ1n) is 7.14. The van der Waals surface area contributed by atoms with Crippen molar-refractivity contribution in [1.29, 1.82) is 0 Å². The van der Waals surface area contributed by atoms with Gasteiger partial charge in [-0.1, -0.05) is 41.5 Å². The Hall–Kier alpha value is -0.353. The first-order valence-corrected chi connectivity index (χ1v) is 9.28. The molecule has 4 heteroatoms. The largest absolute Gasteiger partial charge is 0.466 e. The van der Waals surface area contributed by atoms with Gasteiger partial charge in [0.1, 0.15) is 0 Å². The molecule has 106 valence electrons. The molecule has 1 rings (SSSR count). The van der Waals surface area contributed by atoms with Crippen LogP contribution in [0.5, 0.6) is 0 Å². The molecule has 0 aromatic carbocycles. The molecule has 18 heavy (non-hydrogen) atoms. The minimum absolute atomic E-state index is 0.0742. The summed E-state index contributed by atoms with van der Waals surface area (Å²) < 4.78 is 11.6. The van der Waals surface area contributed by atoms with Crippen molar-refractivity contribution in [2.45, 2.75) is 77.1 Å². The van der Waals surface area contributed by atoms with Crippen LogP contribution in [0.2, 0.25) is 16.6 Å². The Balaban J connectivity index is 2.86. The molecule has 1 aliphatic rings. The maximum absolute atomic E-state index is 11.4. The third-order valence-electron chi connectivity index (χ3n) is 4.18. The maximum atomic E-state index is 11.4. The van der Waals surface area contributed by atoms with Gasteiger partial charge in [0.2, 0.25) is 8.32 Å². The molecular formula is C14H28O3Si. The number of rotatable bonds is 5. The SMILES string of the molecule is CC(C)[Si](OC1CCOC(=O)C1)(C(C)C)C(C)C. The fourth-order valence-electron chi connectivity index (χ4n) is 3.45. The van der Waals surface area contributed by atoms with Crippen molar-refractivity contribution in [1.82, 2.24) is 0 Å². The van der Waals surface area contributed by atoms with Crippen LogP contribution in [0.3, 0.4) is 0 Å². The first-order chi connectivity index (χ1) is 8.30. The van der Waals surface area contributed by atoms with Crippen LogP contribution in [0, 0.1) is 0 Å². The Morgan fingerprint density at radius 1 is 1.11 bits per heavy atom. The van der Waals surface area contributed by atoms with Crippen molar-refractivity contribution in [2.75, 3.05) is 6.61 Å². The van der Waals surface area contributed by atoms with E-state index in [0.29, 0.717) is 29.7 Å². The van der Waals surface area contributed by atoms with Gasteiger partial charge in [0.05, 0.1) is 19.1 Å². The van der Waals surface area contributed by atoms with Gasteiger partial charge in [-0.3, -0.25) is 4.79 Å². The van der Waals surface area contributed by atoms with Gasteiger partial charge >= 0.3 is 5.97 Å². The quantitative estimate of drug-likeness (QED) is 0.563. The van der Waals surface area contributed by atoms with Gasteiger partial charge < -0.3 is 9.16 Å². The minimum Gasteiger partial charge on any atom is -0.466 e. The zero-order chi connectivity index (χ0) is 13.9. The van der Waals surface area contributed by atoms with Gasteiger partial charge in [0.25, 0.3) is 0 Å². The van der Waals surface area contributed by atoms with E-state index in [1.165, 1.54) is 0 Å². The first kappa shape index (κ1) is 15.7. The fraction of sp³-hybridized carbons (Fsp3) is 0.929. The summed E-state index contributed by atoms with van der Waals surface area (Å²) in [6.45, 7) is 14.1. The molecule has 0 spiro atoms. The van der Waals surface area contributed by atoms with Gasteiger partial charge in [-0.15, -0.1) is 0 Å². The lowest BCUT2D eigenvalue weighted by molar-refractivity contribution is -0.151. The van der Waals surface area contributed by atoms with Crippen LogP contribution >= 0.6 is 0 Å². The molecule has 0 aromatic heterocycles. The summed E-state index contributed by atoms with van der Waals surface area (Å²) in [7, 11) is -1.85. The maximum Gasteiger partial charge on any atom is 0.308 e. The number of carbonyl (C=O) groups excluding carboxylic acids is 1. The van der Waals surface area contributed by atoms with Gasteiger partial charge in [0, 0.05) is 6.42 Å². The van der Waals surface area contributed by atoms with Crippen LogP contribution in [-0.4, -0.2) is 27.0 Å². The zero-order valence-electron chi connectivity index (χ0n) is 12.7.